The molecule has 2 amide bonds. The van der Waals surface area contributed by atoms with Gasteiger partial charge in [0.25, 0.3) is 0 Å². The Bertz CT molecular complexity index is 771. The number of piperidine rings is 1. The molecular formula is C27H39NO4. The predicted molar refractivity (Wildman–Crippen MR) is 126 cm³/mol. The average Bonchev–Trinajstić information content (AvgIpc) is 2.75. The van der Waals surface area contributed by atoms with Gasteiger partial charge < -0.3 is 0 Å². The maximum absolute atomic E-state index is 12.4. The van der Waals surface area contributed by atoms with Crippen molar-refractivity contribution in [3.8, 4) is 0 Å². The van der Waals surface area contributed by atoms with Gasteiger partial charge >= 0.3 is 0 Å². The SMILES string of the molecule is CCCCCCCCCCCC(=O)Cc1cccc(CC(=O)CC2CCC(=O)NC2=O)c1. The van der Waals surface area contributed by atoms with Crippen LogP contribution >= 0.6 is 0 Å². The highest BCUT2D eigenvalue weighted by Crippen LogP contribution is 2.18. The molecule has 0 bridgehead atoms. The zero-order valence-electron chi connectivity index (χ0n) is 19.6. The lowest BCUT2D eigenvalue weighted by atomic mass is 9.91. The number of benzene rings is 1. The van der Waals surface area contributed by atoms with E-state index in [2.05, 4.69) is 12.2 Å². The van der Waals surface area contributed by atoms with Gasteiger partial charge in [-0.1, -0.05) is 82.6 Å². The van der Waals surface area contributed by atoms with Gasteiger partial charge in [-0.15, -0.1) is 0 Å². The molecule has 32 heavy (non-hydrogen) atoms. The smallest absolute Gasteiger partial charge is 0.230 e. The minimum Gasteiger partial charge on any atom is -0.299 e. The normalized spacial score (nSPS) is 16.1. The summed E-state index contributed by atoms with van der Waals surface area (Å²) in [4.78, 5) is 47.8. The van der Waals surface area contributed by atoms with E-state index < -0.39 is 5.92 Å². The maximum Gasteiger partial charge on any atom is 0.230 e. The van der Waals surface area contributed by atoms with Crippen LogP contribution in [0.1, 0.15) is 102 Å². The standard InChI is InChI=1S/C27H39NO4/c1-2-3-4-5-6-7-8-9-10-14-24(29)18-21-12-11-13-22(17-21)19-25(30)20-23-15-16-26(31)28-27(23)32/h11-13,17,23H,2-10,14-16,18-20H2,1H3,(H,28,31,32). The Morgan fingerprint density at radius 1 is 0.875 bits per heavy atom. The Labute approximate surface area is 192 Å². The van der Waals surface area contributed by atoms with Gasteiger partial charge in [-0.3, -0.25) is 24.5 Å². The van der Waals surface area contributed by atoms with Crippen LogP contribution in [-0.2, 0) is 32.0 Å². The first-order valence-corrected chi connectivity index (χ1v) is 12.4. The fraction of sp³-hybridized carbons (Fsp3) is 0.630. The number of imide groups is 1. The monoisotopic (exact) mass is 441 g/mol. The highest BCUT2D eigenvalue weighted by molar-refractivity contribution is 6.00. The molecule has 1 aliphatic heterocycles. The van der Waals surface area contributed by atoms with Gasteiger partial charge in [0.15, 0.2) is 0 Å². The molecule has 1 atom stereocenters. The molecule has 1 unspecified atom stereocenters. The van der Waals surface area contributed by atoms with Crippen molar-refractivity contribution in [3.63, 3.8) is 0 Å². The fourth-order valence-corrected chi connectivity index (χ4v) is 4.31. The molecule has 1 aromatic carbocycles. The van der Waals surface area contributed by atoms with Crippen LogP contribution < -0.4 is 5.32 Å². The summed E-state index contributed by atoms with van der Waals surface area (Å²) < 4.78 is 0. The van der Waals surface area contributed by atoms with Crippen LogP contribution in [0, 0.1) is 5.92 Å². The van der Waals surface area contributed by atoms with Gasteiger partial charge in [0.2, 0.25) is 11.8 Å². The highest BCUT2D eigenvalue weighted by atomic mass is 16.2. The van der Waals surface area contributed by atoms with Gasteiger partial charge in [-0.05, 0) is 24.0 Å². The largest absolute Gasteiger partial charge is 0.299 e. The summed E-state index contributed by atoms with van der Waals surface area (Å²) in [6.45, 7) is 2.23. The summed E-state index contributed by atoms with van der Waals surface area (Å²) in [5.74, 6) is -0.789. The topological polar surface area (TPSA) is 80.3 Å². The zero-order chi connectivity index (χ0) is 23.2. The van der Waals surface area contributed by atoms with Gasteiger partial charge in [0.1, 0.15) is 11.6 Å². The number of ketones is 2. The van der Waals surface area contributed by atoms with E-state index in [-0.39, 0.29) is 36.2 Å². The number of amides is 2. The summed E-state index contributed by atoms with van der Waals surface area (Å²) in [6, 6.07) is 7.63. The number of Topliss-reactive ketones (excluding diaryl/α,β-unsaturated/α-hetero) is 2. The van der Waals surface area contributed by atoms with Crippen LogP contribution in [0.15, 0.2) is 24.3 Å². The molecule has 0 saturated carbocycles. The molecule has 0 spiro atoms. The first-order valence-electron chi connectivity index (χ1n) is 12.4. The second kappa shape index (κ2) is 14.7. The molecule has 1 aromatic rings. The van der Waals surface area contributed by atoms with Crippen LogP contribution in [0.3, 0.4) is 0 Å². The van der Waals surface area contributed by atoms with Gasteiger partial charge in [-0.2, -0.15) is 0 Å². The van der Waals surface area contributed by atoms with Crippen molar-refractivity contribution in [2.75, 3.05) is 0 Å². The first-order chi connectivity index (χ1) is 15.5. The Morgan fingerprint density at radius 2 is 1.47 bits per heavy atom. The third-order valence-corrected chi connectivity index (χ3v) is 6.18. The molecule has 1 N–H and O–H groups in total. The number of carbonyl (C=O) groups is 4. The number of unbranched alkanes of at least 4 members (excludes halogenated alkanes) is 8. The zero-order valence-corrected chi connectivity index (χ0v) is 19.6. The number of carbonyl (C=O) groups excluding carboxylic acids is 4. The average molecular weight is 442 g/mol. The fourth-order valence-electron chi connectivity index (χ4n) is 4.31. The van der Waals surface area contributed by atoms with E-state index in [1.165, 1.54) is 44.9 Å². The molecule has 1 heterocycles. The highest BCUT2D eigenvalue weighted by Gasteiger charge is 2.28. The van der Waals surface area contributed by atoms with Crippen LogP contribution in [-0.4, -0.2) is 23.4 Å². The molecule has 0 aromatic heterocycles. The van der Waals surface area contributed by atoms with Crippen molar-refractivity contribution in [1.29, 1.82) is 0 Å². The van der Waals surface area contributed by atoms with Crippen molar-refractivity contribution in [2.24, 2.45) is 5.92 Å². The van der Waals surface area contributed by atoms with E-state index in [1.807, 2.05) is 24.3 Å². The molecular weight excluding hydrogens is 402 g/mol. The van der Waals surface area contributed by atoms with E-state index in [1.54, 1.807) is 0 Å². The summed E-state index contributed by atoms with van der Waals surface area (Å²) in [5, 5.41) is 2.30. The van der Waals surface area contributed by atoms with Crippen LogP contribution in [0.2, 0.25) is 0 Å². The number of nitrogens with one attached hydrogen (secondary N) is 1. The van der Waals surface area contributed by atoms with Crippen molar-refractivity contribution >= 4 is 23.4 Å². The van der Waals surface area contributed by atoms with Crippen LogP contribution in [0.4, 0.5) is 0 Å². The Balaban J connectivity index is 1.65. The molecule has 1 aliphatic rings. The summed E-state index contributed by atoms with van der Waals surface area (Å²) in [7, 11) is 0. The molecule has 1 fully saturated rings. The molecule has 5 heteroatoms. The molecule has 0 radical (unpaired) electrons. The van der Waals surface area contributed by atoms with Crippen LogP contribution in [0.5, 0.6) is 0 Å². The van der Waals surface area contributed by atoms with Gasteiger partial charge in [-0.25, -0.2) is 0 Å². The lowest BCUT2D eigenvalue weighted by Gasteiger charge is -2.20. The van der Waals surface area contributed by atoms with Crippen molar-refractivity contribution in [3.05, 3.63) is 35.4 Å². The molecule has 2 rings (SSSR count). The molecule has 5 nitrogen and oxygen atoms in total. The number of hydrogen-bond donors (Lipinski definition) is 1. The van der Waals surface area contributed by atoms with Crippen molar-refractivity contribution in [2.45, 2.75) is 103 Å². The second-order valence-corrected chi connectivity index (χ2v) is 9.18. The molecule has 176 valence electrons. The first kappa shape index (κ1) is 26.0. The van der Waals surface area contributed by atoms with Crippen LogP contribution in [0.25, 0.3) is 0 Å². The van der Waals surface area contributed by atoms with E-state index in [9.17, 15) is 19.2 Å². The molecule has 1 saturated heterocycles. The number of rotatable bonds is 16. The minimum atomic E-state index is -0.415. The third kappa shape index (κ3) is 10.3. The maximum atomic E-state index is 12.4. The second-order valence-electron chi connectivity index (χ2n) is 9.18. The summed E-state index contributed by atoms with van der Waals surface area (Å²) in [6.07, 6.45) is 13.3. The van der Waals surface area contributed by atoms with E-state index in [0.717, 1.165) is 24.0 Å². The van der Waals surface area contributed by atoms with E-state index in [4.69, 9.17) is 0 Å². The predicted octanol–water partition coefficient (Wildman–Crippen LogP) is 5.27. The van der Waals surface area contributed by atoms with E-state index >= 15 is 0 Å². The molecule has 0 aliphatic carbocycles. The Morgan fingerprint density at radius 3 is 2.09 bits per heavy atom. The van der Waals surface area contributed by atoms with Gasteiger partial charge in [0, 0.05) is 38.0 Å². The Hall–Kier alpha value is -2.30. The third-order valence-electron chi connectivity index (χ3n) is 6.18. The number of hydrogen-bond acceptors (Lipinski definition) is 4. The van der Waals surface area contributed by atoms with Gasteiger partial charge in [0.05, 0.1) is 0 Å². The van der Waals surface area contributed by atoms with Crippen molar-refractivity contribution < 1.29 is 19.2 Å². The quantitative estimate of drug-likeness (QED) is 0.280. The minimum absolute atomic E-state index is 0.0160. The Kier molecular flexibility index (Phi) is 11.9. The summed E-state index contributed by atoms with van der Waals surface area (Å²) in [5.41, 5.74) is 1.81. The lowest BCUT2D eigenvalue weighted by Crippen LogP contribution is -2.41. The van der Waals surface area contributed by atoms with Crippen molar-refractivity contribution in [1.82, 2.24) is 5.32 Å². The van der Waals surface area contributed by atoms with E-state index in [0.29, 0.717) is 25.7 Å². The lowest BCUT2D eigenvalue weighted by molar-refractivity contribution is -0.138. The summed E-state index contributed by atoms with van der Waals surface area (Å²) >= 11 is 0.